The molecule has 0 radical (unpaired) electrons. The summed E-state index contributed by atoms with van der Waals surface area (Å²) in [4.78, 5) is 37.1. The molecule has 0 saturated carbocycles. The van der Waals surface area contributed by atoms with Crippen LogP contribution in [0, 0.1) is 17.2 Å². The summed E-state index contributed by atoms with van der Waals surface area (Å²) in [5.74, 6) is 1.23. The number of benzene rings is 1. The topological polar surface area (TPSA) is 102 Å². The number of amides is 2. The summed E-state index contributed by atoms with van der Waals surface area (Å²) >= 11 is 3.46. The number of aromatic nitrogens is 4. The van der Waals surface area contributed by atoms with Gasteiger partial charge in [0, 0.05) is 43.0 Å². The lowest BCUT2D eigenvalue weighted by atomic mass is 9.95. The van der Waals surface area contributed by atoms with Crippen molar-refractivity contribution in [2.24, 2.45) is 5.92 Å². The predicted molar refractivity (Wildman–Crippen MR) is 143 cm³/mol. The van der Waals surface area contributed by atoms with Crippen molar-refractivity contribution in [2.75, 3.05) is 29.4 Å². The molecule has 0 N–H and O–H groups in total. The van der Waals surface area contributed by atoms with Crippen molar-refractivity contribution < 1.29 is 4.79 Å². The van der Waals surface area contributed by atoms with Crippen LogP contribution in [0.5, 0.6) is 0 Å². The first-order chi connectivity index (χ1) is 18.1. The van der Waals surface area contributed by atoms with Crippen molar-refractivity contribution in [3.8, 4) is 6.07 Å². The summed E-state index contributed by atoms with van der Waals surface area (Å²) in [6.45, 7) is 2.92. The van der Waals surface area contributed by atoms with E-state index in [0.717, 1.165) is 58.5 Å². The molecule has 2 aliphatic rings. The lowest BCUT2D eigenvalue weighted by molar-refractivity contribution is 0.184. The maximum atomic E-state index is 13.7. The molecule has 0 aliphatic carbocycles. The molecule has 0 atom stereocenters. The number of para-hydroxylation sites is 1. The smallest absolute Gasteiger partial charge is 0.329 e. The molecule has 10 heteroatoms. The number of carbonyl (C=O) groups excluding carboxylic acids is 1. The molecule has 184 valence electrons. The highest BCUT2D eigenvalue weighted by molar-refractivity contribution is 9.10. The highest BCUT2D eigenvalue weighted by Crippen LogP contribution is 2.36. The fourth-order valence-corrected chi connectivity index (χ4v) is 5.49. The van der Waals surface area contributed by atoms with Gasteiger partial charge in [-0.25, -0.2) is 24.7 Å². The van der Waals surface area contributed by atoms with Crippen LogP contribution in [-0.2, 0) is 6.54 Å². The van der Waals surface area contributed by atoms with Crippen molar-refractivity contribution in [3.63, 3.8) is 0 Å². The molecule has 1 saturated heterocycles. The van der Waals surface area contributed by atoms with Gasteiger partial charge in [-0.1, -0.05) is 18.2 Å². The average Bonchev–Trinajstić information content (AvgIpc) is 2.93. The molecule has 3 aromatic heterocycles. The molecule has 37 heavy (non-hydrogen) atoms. The zero-order chi connectivity index (χ0) is 25.4. The maximum absolute atomic E-state index is 13.7. The third kappa shape index (κ3) is 4.47. The van der Waals surface area contributed by atoms with Gasteiger partial charge >= 0.3 is 6.03 Å². The Hall–Kier alpha value is -4.10. The Morgan fingerprint density at radius 1 is 1.05 bits per heavy atom. The first-order valence-corrected chi connectivity index (χ1v) is 12.9. The van der Waals surface area contributed by atoms with E-state index in [1.54, 1.807) is 35.8 Å². The Morgan fingerprint density at radius 2 is 1.89 bits per heavy atom. The normalized spacial score (nSPS) is 16.1. The van der Waals surface area contributed by atoms with E-state index in [0.29, 0.717) is 24.7 Å². The fourth-order valence-electron chi connectivity index (χ4n) is 5.17. The molecule has 4 aromatic rings. The highest BCUT2D eigenvalue weighted by atomic mass is 79.9. The van der Waals surface area contributed by atoms with E-state index in [1.165, 1.54) is 0 Å². The van der Waals surface area contributed by atoms with Gasteiger partial charge in [0.25, 0.3) is 0 Å². The molecule has 2 amide bonds. The number of urea groups is 1. The third-order valence-electron chi connectivity index (χ3n) is 6.99. The zero-order valence-corrected chi connectivity index (χ0v) is 21.5. The van der Waals surface area contributed by atoms with Crippen LogP contribution in [0.2, 0.25) is 0 Å². The zero-order valence-electron chi connectivity index (χ0n) is 20.0. The number of rotatable bonds is 4. The van der Waals surface area contributed by atoms with Gasteiger partial charge < -0.3 is 9.80 Å². The number of hydrogen-bond acceptors (Lipinski definition) is 7. The lowest BCUT2D eigenvalue weighted by Crippen LogP contribution is -2.48. The highest BCUT2D eigenvalue weighted by Gasteiger charge is 2.34. The van der Waals surface area contributed by atoms with E-state index < -0.39 is 0 Å². The van der Waals surface area contributed by atoms with Gasteiger partial charge in [-0.05, 0) is 64.5 Å². The SMILES string of the molecule is N#Cc1cc(N2C(=O)N(CC3CCN(c4ncnc5cc(Br)cnc45)CC3)Cc3ccccc32)ccn1. The quantitative estimate of drug-likeness (QED) is 0.348. The summed E-state index contributed by atoms with van der Waals surface area (Å²) in [5, 5.41) is 9.32. The van der Waals surface area contributed by atoms with Crippen molar-refractivity contribution >= 4 is 50.2 Å². The second kappa shape index (κ2) is 9.75. The van der Waals surface area contributed by atoms with Crippen LogP contribution in [0.25, 0.3) is 11.0 Å². The van der Waals surface area contributed by atoms with E-state index in [1.807, 2.05) is 29.2 Å². The number of hydrogen-bond donors (Lipinski definition) is 0. The Morgan fingerprint density at radius 3 is 2.73 bits per heavy atom. The molecule has 9 nitrogen and oxygen atoms in total. The lowest BCUT2D eigenvalue weighted by Gasteiger charge is -2.40. The van der Waals surface area contributed by atoms with Crippen LogP contribution in [0.4, 0.5) is 22.0 Å². The molecule has 5 heterocycles. The molecular weight excluding hydrogens is 532 g/mol. The average molecular weight is 555 g/mol. The maximum Gasteiger partial charge on any atom is 0.329 e. The molecule has 0 unspecified atom stereocenters. The third-order valence-corrected chi connectivity index (χ3v) is 7.42. The fraction of sp³-hybridized carbons (Fsp3) is 0.259. The number of piperidine rings is 1. The van der Waals surface area contributed by atoms with E-state index >= 15 is 0 Å². The van der Waals surface area contributed by atoms with Crippen LogP contribution in [0.15, 0.2) is 65.7 Å². The first-order valence-electron chi connectivity index (χ1n) is 12.1. The van der Waals surface area contributed by atoms with Gasteiger partial charge in [0.15, 0.2) is 5.82 Å². The number of carbonyl (C=O) groups is 1. The second-order valence-electron chi connectivity index (χ2n) is 9.29. The van der Waals surface area contributed by atoms with Gasteiger partial charge in [-0.3, -0.25) is 4.90 Å². The van der Waals surface area contributed by atoms with Crippen molar-refractivity contribution in [1.29, 1.82) is 5.26 Å². The summed E-state index contributed by atoms with van der Waals surface area (Å²) in [6.07, 6.45) is 6.83. The molecule has 0 bridgehead atoms. The Kier molecular flexibility index (Phi) is 6.14. The number of anilines is 3. The van der Waals surface area contributed by atoms with Crippen molar-refractivity contribution in [1.82, 2.24) is 24.8 Å². The number of nitrogens with zero attached hydrogens (tertiary/aromatic N) is 8. The van der Waals surface area contributed by atoms with Crippen LogP contribution in [0.1, 0.15) is 24.1 Å². The van der Waals surface area contributed by atoms with Gasteiger partial charge in [0.1, 0.15) is 23.6 Å². The summed E-state index contributed by atoms with van der Waals surface area (Å²) in [6, 6.07) is 15.3. The van der Waals surface area contributed by atoms with E-state index in [4.69, 9.17) is 0 Å². The standard InChI is InChI=1S/C27H23BrN8O/c28-20-11-23-25(31-14-20)26(33-17-32-23)34-9-6-18(7-10-34)15-35-16-19-3-1-2-4-24(19)36(27(35)37)22-5-8-30-21(12-22)13-29/h1-5,8,11-12,14,17-18H,6-7,9-10,15-16H2. The largest absolute Gasteiger partial charge is 0.355 e. The van der Waals surface area contributed by atoms with Gasteiger partial charge in [0.2, 0.25) is 0 Å². The molecule has 0 spiro atoms. The Balaban J connectivity index is 1.20. The molecule has 6 rings (SSSR count). The summed E-state index contributed by atoms with van der Waals surface area (Å²) in [7, 11) is 0. The van der Waals surface area contributed by atoms with Crippen LogP contribution >= 0.6 is 15.9 Å². The Bertz CT molecular complexity index is 1530. The first kappa shape index (κ1) is 23.3. The van der Waals surface area contributed by atoms with E-state index in [2.05, 4.69) is 52.9 Å². The molecule has 1 fully saturated rings. The van der Waals surface area contributed by atoms with Crippen LogP contribution in [0.3, 0.4) is 0 Å². The minimum absolute atomic E-state index is 0.0761. The monoisotopic (exact) mass is 554 g/mol. The minimum atomic E-state index is -0.0761. The van der Waals surface area contributed by atoms with E-state index in [-0.39, 0.29) is 11.7 Å². The minimum Gasteiger partial charge on any atom is -0.355 e. The van der Waals surface area contributed by atoms with E-state index in [9.17, 15) is 10.1 Å². The summed E-state index contributed by atoms with van der Waals surface area (Å²) < 4.78 is 0.890. The van der Waals surface area contributed by atoms with Gasteiger partial charge in [0.05, 0.1) is 16.9 Å². The number of pyridine rings is 2. The predicted octanol–water partition coefficient (Wildman–Crippen LogP) is 5.04. The van der Waals surface area contributed by atoms with Crippen molar-refractivity contribution in [3.05, 3.63) is 76.9 Å². The molecule has 1 aromatic carbocycles. The van der Waals surface area contributed by atoms with Crippen LogP contribution in [-0.4, -0.2) is 50.5 Å². The van der Waals surface area contributed by atoms with Gasteiger partial charge in [-0.15, -0.1) is 0 Å². The van der Waals surface area contributed by atoms with Crippen LogP contribution < -0.4 is 9.80 Å². The molecular formula is C27H23BrN8O. The van der Waals surface area contributed by atoms with Gasteiger partial charge in [-0.2, -0.15) is 5.26 Å². The number of fused-ring (bicyclic) bond motifs is 2. The Labute approximate surface area is 222 Å². The summed E-state index contributed by atoms with van der Waals surface area (Å²) in [5.41, 5.74) is 4.49. The van der Waals surface area contributed by atoms with Crippen molar-refractivity contribution in [2.45, 2.75) is 19.4 Å². The number of nitriles is 1. The second-order valence-corrected chi connectivity index (χ2v) is 10.2. The molecule has 2 aliphatic heterocycles. The number of halogens is 1.